The van der Waals surface area contributed by atoms with Crippen LogP contribution in [-0.2, 0) is 4.74 Å². The quantitative estimate of drug-likeness (QED) is 0.849. The van der Waals surface area contributed by atoms with Gasteiger partial charge in [0.25, 0.3) is 0 Å². The summed E-state index contributed by atoms with van der Waals surface area (Å²) in [6.07, 6.45) is 0. The molecule has 2 rings (SSSR count). The van der Waals surface area contributed by atoms with E-state index in [1.165, 1.54) is 10.4 Å². The summed E-state index contributed by atoms with van der Waals surface area (Å²) in [4.78, 5) is 1.25. The summed E-state index contributed by atoms with van der Waals surface area (Å²) >= 11 is 1.70. The normalized spacial score (nSPS) is 20.3. The van der Waals surface area contributed by atoms with Gasteiger partial charge >= 0.3 is 0 Å². The Kier molecular flexibility index (Phi) is 2.79. The lowest BCUT2D eigenvalue weighted by atomic mass is 9.78. The zero-order valence-corrected chi connectivity index (χ0v) is 9.73. The van der Waals surface area contributed by atoms with E-state index >= 15 is 0 Å². The van der Waals surface area contributed by atoms with Gasteiger partial charge in [-0.25, -0.2) is 0 Å². The Balaban J connectivity index is 2.33. The SMILES string of the molecule is CNC(c1sccc1C)C1(C#N)COC1. The summed E-state index contributed by atoms with van der Waals surface area (Å²) in [5, 5.41) is 14.6. The standard InChI is InChI=1S/C11H14N2OS/c1-8-3-4-15-9(8)10(13-2)11(5-12)6-14-7-11/h3-4,10,13H,6-7H2,1-2H3. The zero-order chi connectivity index (χ0) is 10.9. The van der Waals surface area contributed by atoms with Crippen LogP contribution in [0.2, 0.25) is 0 Å². The molecular formula is C11H14N2OS. The minimum atomic E-state index is -0.371. The molecule has 0 saturated carbocycles. The summed E-state index contributed by atoms with van der Waals surface area (Å²) < 4.78 is 5.19. The fourth-order valence-electron chi connectivity index (χ4n) is 1.96. The molecule has 1 fully saturated rings. The van der Waals surface area contributed by atoms with Crippen LogP contribution < -0.4 is 5.32 Å². The third kappa shape index (κ3) is 1.57. The zero-order valence-electron chi connectivity index (χ0n) is 8.91. The van der Waals surface area contributed by atoms with Gasteiger partial charge in [-0.15, -0.1) is 11.3 Å². The highest BCUT2D eigenvalue weighted by atomic mass is 32.1. The molecule has 0 aromatic carbocycles. The second-order valence-electron chi connectivity index (χ2n) is 3.95. The Hall–Kier alpha value is -0.890. The first-order chi connectivity index (χ1) is 7.23. The van der Waals surface area contributed by atoms with Crippen LogP contribution in [0.3, 0.4) is 0 Å². The molecule has 0 bridgehead atoms. The lowest BCUT2D eigenvalue weighted by Crippen LogP contribution is -2.50. The molecular weight excluding hydrogens is 208 g/mol. The molecule has 1 N–H and O–H groups in total. The summed E-state index contributed by atoms with van der Waals surface area (Å²) in [6, 6.07) is 4.59. The molecule has 80 valence electrons. The Morgan fingerprint density at radius 2 is 2.40 bits per heavy atom. The molecule has 4 heteroatoms. The number of nitrogens with one attached hydrogen (secondary N) is 1. The van der Waals surface area contributed by atoms with Crippen molar-refractivity contribution in [3.63, 3.8) is 0 Å². The smallest absolute Gasteiger partial charge is 0.124 e. The molecule has 15 heavy (non-hydrogen) atoms. The van der Waals surface area contributed by atoms with Crippen molar-refractivity contribution >= 4 is 11.3 Å². The van der Waals surface area contributed by atoms with Crippen molar-refractivity contribution in [1.82, 2.24) is 5.32 Å². The Bertz CT molecular complexity index is 390. The van der Waals surface area contributed by atoms with E-state index in [0.29, 0.717) is 13.2 Å². The predicted molar refractivity (Wildman–Crippen MR) is 59.7 cm³/mol. The summed E-state index contributed by atoms with van der Waals surface area (Å²) in [6.45, 7) is 3.15. The molecule has 1 saturated heterocycles. The van der Waals surface area contributed by atoms with Gasteiger partial charge in [0.1, 0.15) is 5.41 Å². The first-order valence-electron chi connectivity index (χ1n) is 4.94. The number of nitrogens with zero attached hydrogens (tertiary/aromatic N) is 1. The van der Waals surface area contributed by atoms with E-state index < -0.39 is 0 Å². The third-order valence-electron chi connectivity index (χ3n) is 2.95. The maximum atomic E-state index is 9.26. The van der Waals surface area contributed by atoms with Crippen LogP contribution in [0.15, 0.2) is 11.4 Å². The van der Waals surface area contributed by atoms with Crippen molar-refractivity contribution in [2.24, 2.45) is 5.41 Å². The number of thiophene rings is 1. The average Bonchev–Trinajstić information content (AvgIpc) is 2.58. The number of nitriles is 1. The van der Waals surface area contributed by atoms with Crippen LogP contribution in [0.4, 0.5) is 0 Å². The molecule has 0 aliphatic carbocycles. The van der Waals surface area contributed by atoms with E-state index in [0.717, 1.165) is 0 Å². The van der Waals surface area contributed by atoms with Crippen molar-refractivity contribution in [3.8, 4) is 6.07 Å². The number of ether oxygens (including phenoxy) is 1. The van der Waals surface area contributed by atoms with Gasteiger partial charge in [-0.05, 0) is 31.0 Å². The van der Waals surface area contributed by atoms with Gasteiger partial charge in [-0.3, -0.25) is 0 Å². The average molecular weight is 222 g/mol. The summed E-state index contributed by atoms with van der Waals surface area (Å²) in [7, 11) is 1.90. The number of hydrogen-bond acceptors (Lipinski definition) is 4. The lowest BCUT2D eigenvalue weighted by Gasteiger charge is -2.41. The summed E-state index contributed by atoms with van der Waals surface area (Å²) in [5.74, 6) is 0. The number of rotatable bonds is 3. The highest BCUT2D eigenvalue weighted by molar-refractivity contribution is 7.10. The monoisotopic (exact) mass is 222 g/mol. The molecule has 1 aliphatic heterocycles. The van der Waals surface area contributed by atoms with Gasteiger partial charge in [0.2, 0.25) is 0 Å². The second kappa shape index (κ2) is 3.93. The fraction of sp³-hybridized carbons (Fsp3) is 0.545. The van der Waals surface area contributed by atoms with Crippen molar-refractivity contribution < 1.29 is 4.74 Å². The van der Waals surface area contributed by atoms with Crippen molar-refractivity contribution in [1.29, 1.82) is 5.26 Å². The van der Waals surface area contributed by atoms with E-state index in [1.807, 2.05) is 7.05 Å². The van der Waals surface area contributed by atoms with E-state index in [4.69, 9.17) is 4.74 Å². The van der Waals surface area contributed by atoms with Crippen molar-refractivity contribution in [2.75, 3.05) is 20.3 Å². The van der Waals surface area contributed by atoms with E-state index in [1.54, 1.807) is 11.3 Å². The van der Waals surface area contributed by atoms with Gasteiger partial charge in [0, 0.05) is 4.88 Å². The molecule has 0 amide bonds. The van der Waals surface area contributed by atoms with Crippen LogP contribution in [0.5, 0.6) is 0 Å². The first-order valence-corrected chi connectivity index (χ1v) is 5.82. The maximum absolute atomic E-state index is 9.26. The molecule has 1 aromatic rings. The van der Waals surface area contributed by atoms with Crippen LogP contribution in [0.25, 0.3) is 0 Å². The van der Waals surface area contributed by atoms with E-state index in [2.05, 4.69) is 29.8 Å². The van der Waals surface area contributed by atoms with E-state index in [-0.39, 0.29) is 11.5 Å². The Labute approximate surface area is 93.7 Å². The minimum Gasteiger partial charge on any atom is -0.378 e. The molecule has 1 aliphatic rings. The minimum absolute atomic E-state index is 0.0937. The van der Waals surface area contributed by atoms with Gasteiger partial charge in [0.15, 0.2) is 0 Å². The molecule has 1 unspecified atom stereocenters. The maximum Gasteiger partial charge on any atom is 0.124 e. The van der Waals surface area contributed by atoms with E-state index in [9.17, 15) is 5.26 Å². The van der Waals surface area contributed by atoms with Gasteiger partial charge in [-0.1, -0.05) is 0 Å². The largest absolute Gasteiger partial charge is 0.378 e. The lowest BCUT2D eigenvalue weighted by molar-refractivity contribution is -0.0958. The number of aryl methyl sites for hydroxylation is 1. The topological polar surface area (TPSA) is 45.0 Å². The number of hydrogen-bond donors (Lipinski definition) is 1. The predicted octanol–water partition coefficient (Wildman–Crippen LogP) is 1.86. The molecule has 3 nitrogen and oxygen atoms in total. The molecule has 0 radical (unpaired) electrons. The fourth-order valence-corrected chi connectivity index (χ4v) is 3.11. The highest BCUT2D eigenvalue weighted by Crippen LogP contribution is 2.42. The second-order valence-corrected chi connectivity index (χ2v) is 4.90. The van der Waals surface area contributed by atoms with Crippen molar-refractivity contribution in [3.05, 3.63) is 21.9 Å². The van der Waals surface area contributed by atoms with Crippen LogP contribution in [0.1, 0.15) is 16.5 Å². The van der Waals surface area contributed by atoms with Gasteiger partial charge in [0.05, 0.1) is 25.3 Å². The van der Waals surface area contributed by atoms with Crippen LogP contribution in [0, 0.1) is 23.7 Å². The Morgan fingerprint density at radius 3 is 2.73 bits per heavy atom. The van der Waals surface area contributed by atoms with Crippen LogP contribution >= 0.6 is 11.3 Å². The van der Waals surface area contributed by atoms with Gasteiger partial charge in [-0.2, -0.15) is 5.26 Å². The van der Waals surface area contributed by atoms with Gasteiger partial charge < -0.3 is 10.1 Å². The third-order valence-corrected chi connectivity index (χ3v) is 4.03. The van der Waals surface area contributed by atoms with Crippen molar-refractivity contribution in [2.45, 2.75) is 13.0 Å². The molecule has 2 heterocycles. The molecule has 1 atom stereocenters. The summed E-state index contributed by atoms with van der Waals surface area (Å²) in [5.41, 5.74) is 0.880. The molecule has 1 aromatic heterocycles. The Morgan fingerprint density at radius 1 is 1.67 bits per heavy atom. The molecule has 0 spiro atoms. The van der Waals surface area contributed by atoms with Crippen LogP contribution in [-0.4, -0.2) is 20.3 Å². The highest BCUT2D eigenvalue weighted by Gasteiger charge is 2.47. The first kappa shape index (κ1) is 10.6.